The molecule has 2 fully saturated rings. The van der Waals surface area contributed by atoms with E-state index in [1.807, 2.05) is 13.0 Å². The van der Waals surface area contributed by atoms with E-state index >= 15 is 0 Å². The molecular weight excluding hydrogens is 360 g/mol. The Kier molecular flexibility index (Phi) is 4.27. The summed E-state index contributed by atoms with van der Waals surface area (Å²) in [5, 5.41) is 2.86. The minimum Gasteiger partial charge on any atom is -0.323 e. The number of carbonyl (C=O) groups excluding carboxylic acids is 3. The quantitative estimate of drug-likeness (QED) is 0.648. The lowest BCUT2D eigenvalue weighted by Gasteiger charge is -2.36. The van der Waals surface area contributed by atoms with Gasteiger partial charge in [-0.1, -0.05) is 47.8 Å². The maximum Gasteiger partial charge on any atom is 0.325 e. The van der Waals surface area contributed by atoms with Gasteiger partial charge in [0.15, 0.2) is 5.78 Å². The highest BCUT2D eigenvalue weighted by Gasteiger charge is 2.55. The van der Waals surface area contributed by atoms with Crippen molar-refractivity contribution in [2.75, 3.05) is 6.54 Å². The number of urea groups is 1. The van der Waals surface area contributed by atoms with E-state index in [9.17, 15) is 14.4 Å². The molecule has 0 unspecified atom stereocenters. The van der Waals surface area contributed by atoms with Gasteiger partial charge in [-0.3, -0.25) is 14.5 Å². The van der Waals surface area contributed by atoms with Gasteiger partial charge < -0.3 is 5.32 Å². The lowest BCUT2D eigenvalue weighted by Crippen LogP contribution is -2.54. The molecule has 1 aliphatic carbocycles. The van der Waals surface area contributed by atoms with E-state index in [0.717, 1.165) is 28.6 Å². The first kappa shape index (κ1) is 16.2. The van der Waals surface area contributed by atoms with Crippen molar-refractivity contribution in [3.63, 3.8) is 0 Å². The van der Waals surface area contributed by atoms with Crippen LogP contribution >= 0.6 is 15.9 Å². The summed E-state index contributed by atoms with van der Waals surface area (Å²) in [4.78, 5) is 38.6. The molecule has 0 bridgehead atoms. The smallest absolute Gasteiger partial charge is 0.323 e. The van der Waals surface area contributed by atoms with E-state index in [4.69, 9.17) is 0 Å². The van der Waals surface area contributed by atoms with E-state index in [1.165, 1.54) is 0 Å². The minimum absolute atomic E-state index is 0.0960. The SMILES string of the molecule is C[C@H]1CCCC[C@]12NC(=O)N(CC(=O)c1cccc(Br)c1)C2=O. The summed E-state index contributed by atoms with van der Waals surface area (Å²) in [5.74, 6) is -0.396. The molecule has 1 aliphatic heterocycles. The predicted molar refractivity (Wildman–Crippen MR) is 89.1 cm³/mol. The first-order chi connectivity index (χ1) is 10.9. The molecule has 1 aromatic carbocycles. The van der Waals surface area contributed by atoms with Crippen LogP contribution < -0.4 is 5.32 Å². The highest BCUT2D eigenvalue weighted by Crippen LogP contribution is 2.38. The monoisotopic (exact) mass is 378 g/mol. The molecule has 2 aliphatic rings. The highest BCUT2D eigenvalue weighted by molar-refractivity contribution is 9.10. The van der Waals surface area contributed by atoms with Crippen molar-refractivity contribution in [3.8, 4) is 0 Å². The first-order valence-electron chi connectivity index (χ1n) is 7.87. The van der Waals surface area contributed by atoms with E-state index in [2.05, 4.69) is 21.2 Å². The summed E-state index contributed by atoms with van der Waals surface area (Å²) >= 11 is 3.32. The van der Waals surface area contributed by atoms with Crippen LogP contribution in [0.15, 0.2) is 28.7 Å². The molecule has 23 heavy (non-hydrogen) atoms. The normalized spacial score (nSPS) is 27.4. The molecule has 0 aromatic heterocycles. The van der Waals surface area contributed by atoms with Crippen molar-refractivity contribution in [1.29, 1.82) is 0 Å². The average molecular weight is 379 g/mol. The maximum absolute atomic E-state index is 12.8. The molecule has 1 saturated carbocycles. The van der Waals surface area contributed by atoms with Gasteiger partial charge >= 0.3 is 6.03 Å². The largest absolute Gasteiger partial charge is 0.325 e. The predicted octanol–water partition coefficient (Wildman–Crippen LogP) is 3.13. The third-order valence-corrected chi connectivity index (χ3v) is 5.44. The van der Waals surface area contributed by atoms with Crippen LogP contribution in [0.2, 0.25) is 0 Å². The van der Waals surface area contributed by atoms with Crippen LogP contribution in [0.4, 0.5) is 4.79 Å². The van der Waals surface area contributed by atoms with Gasteiger partial charge in [0.2, 0.25) is 0 Å². The van der Waals surface area contributed by atoms with Crippen LogP contribution in [0.3, 0.4) is 0 Å². The minimum atomic E-state index is -0.813. The summed E-state index contributed by atoms with van der Waals surface area (Å²) < 4.78 is 0.790. The third-order valence-electron chi connectivity index (χ3n) is 4.95. The fraction of sp³-hybridized carbons (Fsp3) is 0.471. The number of nitrogens with one attached hydrogen (secondary N) is 1. The number of hydrogen-bond donors (Lipinski definition) is 1. The number of halogens is 1. The Morgan fingerprint density at radius 1 is 1.39 bits per heavy atom. The van der Waals surface area contributed by atoms with Crippen molar-refractivity contribution in [2.24, 2.45) is 5.92 Å². The number of carbonyl (C=O) groups is 3. The average Bonchev–Trinajstić information content (AvgIpc) is 2.75. The summed E-state index contributed by atoms with van der Waals surface area (Å²) in [5.41, 5.74) is -0.329. The van der Waals surface area contributed by atoms with Gasteiger partial charge in [-0.15, -0.1) is 0 Å². The molecule has 122 valence electrons. The first-order valence-corrected chi connectivity index (χ1v) is 8.66. The number of rotatable bonds is 3. The Hall–Kier alpha value is -1.69. The number of ketones is 1. The van der Waals surface area contributed by atoms with E-state index < -0.39 is 11.6 Å². The summed E-state index contributed by atoms with van der Waals surface area (Å²) in [6.45, 7) is 1.78. The highest BCUT2D eigenvalue weighted by atomic mass is 79.9. The van der Waals surface area contributed by atoms with E-state index in [-0.39, 0.29) is 24.2 Å². The van der Waals surface area contributed by atoms with Gasteiger partial charge in [0.05, 0.1) is 6.54 Å². The Balaban J connectivity index is 1.79. The van der Waals surface area contributed by atoms with Crippen molar-refractivity contribution >= 4 is 33.7 Å². The fourth-order valence-corrected chi connectivity index (χ4v) is 3.94. The zero-order valence-electron chi connectivity index (χ0n) is 13.0. The van der Waals surface area contributed by atoms with Gasteiger partial charge in [-0.05, 0) is 30.9 Å². The molecule has 2 atom stereocenters. The van der Waals surface area contributed by atoms with Crippen molar-refractivity contribution in [3.05, 3.63) is 34.3 Å². The van der Waals surface area contributed by atoms with Crippen LogP contribution in [0.25, 0.3) is 0 Å². The van der Waals surface area contributed by atoms with Crippen LogP contribution in [0, 0.1) is 5.92 Å². The van der Waals surface area contributed by atoms with Gasteiger partial charge in [0.1, 0.15) is 5.54 Å². The van der Waals surface area contributed by atoms with Crippen molar-refractivity contribution in [2.45, 2.75) is 38.1 Å². The number of Topliss-reactive ketones (excluding diaryl/α,β-unsaturated/α-hetero) is 1. The Labute approximate surface area is 143 Å². The number of amides is 3. The van der Waals surface area contributed by atoms with Crippen LogP contribution in [-0.2, 0) is 4.79 Å². The summed E-state index contributed by atoms with van der Waals surface area (Å²) in [6, 6.07) is 6.51. The molecule has 6 heteroatoms. The Bertz CT molecular complexity index is 676. The summed E-state index contributed by atoms with van der Waals surface area (Å²) in [6.07, 6.45) is 3.56. The van der Waals surface area contributed by atoms with Gasteiger partial charge in [-0.2, -0.15) is 0 Å². The maximum atomic E-state index is 12.8. The second-order valence-corrected chi connectivity index (χ2v) is 7.29. The topological polar surface area (TPSA) is 66.5 Å². The van der Waals surface area contributed by atoms with Gasteiger partial charge in [-0.25, -0.2) is 4.79 Å². The van der Waals surface area contributed by atoms with Crippen molar-refractivity contribution in [1.82, 2.24) is 10.2 Å². The molecule has 0 radical (unpaired) electrons. The zero-order valence-corrected chi connectivity index (χ0v) is 14.6. The molecule has 1 N–H and O–H groups in total. The standard InChI is InChI=1S/C17H19BrN2O3/c1-11-5-2-3-8-17(11)15(22)20(16(23)19-17)10-14(21)12-6-4-7-13(18)9-12/h4,6-7,9,11H,2-3,5,8,10H2,1H3,(H,19,23)/t11-,17-/m0/s1. The summed E-state index contributed by atoms with van der Waals surface area (Å²) in [7, 11) is 0. The number of hydrogen-bond acceptors (Lipinski definition) is 3. The van der Waals surface area contributed by atoms with Crippen LogP contribution in [0.1, 0.15) is 43.0 Å². The fourth-order valence-electron chi connectivity index (χ4n) is 3.54. The van der Waals surface area contributed by atoms with Crippen LogP contribution in [0.5, 0.6) is 0 Å². The number of nitrogens with zero attached hydrogens (tertiary/aromatic N) is 1. The molecule has 5 nitrogen and oxygen atoms in total. The molecule has 1 aromatic rings. The molecule has 1 heterocycles. The molecule has 3 amide bonds. The van der Waals surface area contributed by atoms with E-state index in [1.54, 1.807) is 18.2 Å². The van der Waals surface area contributed by atoms with Crippen molar-refractivity contribution < 1.29 is 14.4 Å². The lowest BCUT2D eigenvalue weighted by molar-refractivity contribution is -0.133. The molecule has 3 rings (SSSR count). The van der Waals surface area contributed by atoms with Crippen LogP contribution in [-0.4, -0.2) is 34.7 Å². The number of benzene rings is 1. The third kappa shape index (κ3) is 2.80. The Morgan fingerprint density at radius 3 is 2.87 bits per heavy atom. The molecular formula is C17H19BrN2O3. The lowest BCUT2D eigenvalue weighted by atomic mass is 9.73. The van der Waals surface area contributed by atoms with E-state index in [0.29, 0.717) is 12.0 Å². The second-order valence-electron chi connectivity index (χ2n) is 6.37. The van der Waals surface area contributed by atoms with Gasteiger partial charge in [0, 0.05) is 10.0 Å². The zero-order chi connectivity index (χ0) is 16.6. The second kappa shape index (κ2) is 6.07. The van der Waals surface area contributed by atoms with Gasteiger partial charge in [0.25, 0.3) is 5.91 Å². The Morgan fingerprint density at radius 2 is 2.17 bits per heavy atom. The molecule has 1 spiro atoms. The number of imide groups is 1. The molecule has 1 saturated heterocycles.